The molecule has 0 saturated carbocycles. The fourth-order valence-corrected chi connectivity index (χ4v) is 1.15. The monoisotopic (exact) mass is 237 g/mol. The highest BCUT2D eigenvalue weighted by Crippen LogP contribution is 2.14. The fourth-order valence-electron chi connectivity index (χ4n) is 1.15. The van der Waals surface area contributed by atoms with Crippen molar-refractivity contribution >= 4 is 5.97 Å². The summed E-state index contributed by atoms with van der Waals surface area (Å²) in [4.78, 5) is 10.6. The van der Waals surface area contributed by atoms with E-state index in [1.807, 2.05) is 0 Å². The molecular weight excluding hydrogens is 227 g/mol. The molecule has 0 radical (unpaired) electrons. The number of nitrogens with zero attached hydrogens (tertiary/aromatic N) is 1. The maximum absolute atomic E-state index is 11.7. The lowest BCUT2D eigenvalue weighted by atomic mass is 10.4. The average molecular weight is 237 g/mol. The second-order valence-electron chi connectivity index (χ2n) is 3.06. The number of halogens is 3. The third-order valence-corrected chi connectivity index (χ3v) is 1.79. The van der Waals surface area contributed by atoms with E-state index in [1.54, 1.807) is 0 Å². The maximum atomic E-state index is 11.7. The predicted octanol–water partition coefficient (Wildman–Crippen LogP) is 1.77. The van der Waals surface area contributed by atoms with Gasteiger partial charge in [0.2, 0.25) is 0 Å². The summed E-state index contributed by atoms with van der Waals surface area (Å²) < 4.78 is 40.8. The Morgan fingerprint density at radius 3 is 2.75 bits per heavy atom. The Balaban J connectivity index is 2.38. The van der Waals surface area contributed by atoms with Gasteiger partial charge in [-0.1, -0.05) is 0 Å². The molecular formula is C9H10F3NO3. The zero-order chi connectivity index (χ0) is 12.2. The molecule has 16 heavy (non-hydrogen) atoms. The normalized spacial score (nSPS) is 11.7. The van der Waals surface area contributed by atoms with Crippen LogP contribution in [0.1, 0.15) is 10.5 Å². The van der Waals surface area contributed by atoms with E-state index in [0.717, 1.165) is 0 Å². The highest BCUT2D eigenvalue weighted by molar-refractivity contribution is 5.85. The van der Waals surface area contributed by atoms with Crippen LogP contribution in [0.4, 0.5) is 13.2 Å². The summed E-state index contributed by atoms with van der Waals surface area (Å²) in [6, 6.07) is 2.87. The number of aromatic carboxylic acids is 1. The van der Waals surface area contributed by atoms with Gasteiger partial charge in [0, 0.05) is 12.7 Å². The SMILES string of the molecule is O=C(O)c1cccn1CCOCC(F)(F)F. The fraction of sp³-hybridized carbons (Fsp3) is 0.444. The van der Waals surface area contributed by atoms with E-state index in [9.17, 15) is 18.0 Å². The number of carboxylic acids is 1. The minimum absolute atomic E-state index is 0.0237. The van der Waals surface area contributed by atoms with Gasteiger partial charge < -0.3 is 14.4 Å². The van der Waals surface area contributed by atoms with Gasteiger partial charge in [-0.15, -0.1) is 0 Å². The Kier molecular flexibility index (Phi) is 3.94. The molecule has 0 unspecified atom stereocenters. The van der Waals surface area contributed by atoms with Gasteiger partial charge in [0.1, 0.15) is 12.3 Å². The lowest BCUT2D eigenvalue weighted by molar-refractivity contribution is -0.174. The van der Waals surface area contributed by atoms with Crippen LogP contribution < -0.4 is 0 Å². The van der Waals surface area contributed by atoms with Crippen molar-refractivity contribution in [3.05, 3.63) is 24.0 Å². The Hall–Kier alpha value is -1.50. The third kappa shape index (κ3) is 3.93. The number of aromatic nitrogens is 1. The van der Waals surface area contributed by atoms with Gasteiger partial charge in [0.15, 0.2) is 0 Å². The van der Waals surface area contributed by atoms with Crippen LogP contribution in [-0.2, 0) is 11.3 Å². The van der Waals surface area contributed by atoms with Gasteiger partial charge in [-0.3, -0.25) is 0 Å². The smallest absolute Gasteiger partial charge is 0.411 e. The van der Waals surface area contributed by atoms with Crippen molar-refractivity contribution in [2.45, 2.75) is 12.7 Å². The highest BCUT2D eigenvalue weighted by Gasteiger charge is 2.27. The van der Waals surface area contributed by atoms with Crippen LogP contribution in [0.2, 0.25) is 0 Å². The molecule has 4 nitrogen and oxygen atoms in total. The van der Waals surface area contributed by atoms with E-state index >= 15 is 0 Å². The molecule has 0 aliphatic carbocycles. The summed E-state index contributed by atoms with van der Waals surface area (Å²) in [6.07, 6.45) is -2.88. The van der Waals surface area contributed by atoms with Crippen molar-refractivity contribution in [3.63, 3.8) is 0 Å². The summed E-state index contributed by atoms with van der Waals surface area (Å²) in [6.45, 7) is -1.43. The summed E-state index contributed by atoms with van der Waals surface area (Å²) >= 11 is 0. The number of hydrogen-bond donors (Lipinski definition) is 1. The second-order valence-corrected chi connectivity index (χ2v) is 3.06. The van der Waals surface area contributed by atoms with Crippen molar-refractivity contribution in [1.29, 1.82) is 0 Å². The largest absolute Gasteiger partial charge is 0.477 e. The molecule has 1 aromatic heterocycles. The average Bonchev–Trinajstić information content (AvgIpc) is 2.58. The number of carboxylic acid groups (broad SMARTS) is 1. The second kappa shape index (κ2) is 5.02. The van der Waals surface area contributed by atoms with Crippen molar-refractivity contribution in [2.24, 2.45) is 0 Å². The quantitative estimate of drug-likeness (QED) is 0.794. The molecule has 1 N–H and O–H groups in total. The summed E-state index contributed by atoms with van der Waals surface area (Å²) in [5.74, 6) is -1.12. The first kappa shape index (κ1) is 12.6. The topological polar surface area (TPSA) is 51.5 Å². The Morgan fingerprint density at radius 1 is 1.50 bits per heavy atom. The van der Waals surface area contributed by atoms with Gasteiger partial charge in [-0.05, 0) is 12.1 Å². The van der Waals surface area contributed by atoms with E-state index in [1.165, 1.54) is 22.9 Å². The van der Waals surface area contributed by atoms with E-state index in [4.69, 9.17) is 5.11 Å². The minimum atomic E-state index is -4.35. The molecule has 0 saturated heterocycles. The minimum Gasteiger partial charge on any atom is -0.477 e. The Bertz CT molecular complexity index is 359. The van der Waals surface area contributed by atoms with Gasteiger partial charge in [-0.25, -0.2) is 4.79 Å². The van der Waals surface area contributed by atoms with Crippen LogP contribution in [0, 0.1) is 0 Å². The molecule has 1 aromatic rings. The van der Waals surface area contributed by atoms with E-state index < -0.39 is 18.8 Å². The molecule has 0 spiro atoms. The third-order valence-electron chi connectivity index (χ3n) is 1.79. The number of alkyl halides is 3. The van der Waals surface area contributed by atoms with E-state index in [-0.39, 0.29) is 18.8 Å². The molecule has 1 rings (SSSR count). The number of rotatable bonds is 5. The molecule has 0 aliphatic rings. The zero-order valence-electron chi connectivity index (χ0n) is 8.20. The molecule has 1 heterocycles. The van der Waals surface area contributed by atoms with Gasteiger partial charge in [0.05, 0.1) is 6.61 Å². The molecule has 7 heteroatoms. The lowest BCUT2D eigenvalue weighted by Crippen LogP contribution is -2.19. The first-order chi connectivity index (χ1) is 7.40. The number of carbonyl (C=O) groups is 1. The van der Waals surface area contributed by atoms with Crippen LogP contribution in [0.25, 0.3) is 0 Å². The Morgan fingerprint density at radius 2 is 2.19 bits per heavy atom. The Labute approximate surface area is 89.2 Å². The summed E-state index contributed by atoms with van der Waals surface area (Å²) in [5.41, 5.74) is 0.0237. The molecule has 0 bridgehead atoms. The van der Waals surface area contributed by atoms with E-state index in [2.05, 4.69) is 4.74 Å². The van der Waals surface area contributed by atoms with Crippen molar-refractivity contribution in [3.8, 4) is 0 Å². The van der Waals surface area contributed by atoms with Crippen molar-refractivity contribution in [1.82, 2.24) is 4.57 Å². The van der Waals surface area contributed by atoms with Crippen LogP contribution in [0.15, 0.2) is 18.3 Å². The highest BCUT2D eigenvalue weighted by atomic mass is 19.4. The van der Waals surface area contributed by atoms with Gasteiger partial charge in [0.25, 0.3) is 0 Å². The van der Waals surface area contributed by atoms with Crippen LogP contribution in [-0.4, -0.2) is 35.0 Å². The van der Waals surface area contributed by atoms with Crippen LogP contribution in [0.3, 0.4) is 0 Å². The molecule has 90 valence electrons. The molecule has 0 fully saturated rings. The molecule has 0 aliphatic heterocycles. The first-order valence-corrected chi connectivity index (χ1v) is 4.43. The summed E-state index contributed by atoms with van der Waals surface area (Å²) in [7, 11) is 0. The van der Waals surface area contributed by atoms with Crippen molar-refractivity contribution < 1.29 is 27.8 Å². The van der Waals surface area contributed by atoms with Gasteiger partial charge in [-0.2, -0.15) is 13.2 Å². The van der Waals surface area contributed by atoms with Crippen LogP contribution in [0.5, 0.6) is 0 Å². The first-order valence-electron chi connectivity index (χ1n) is 4.43. The standard InChI is InChI=1S/C9H10F3NO3/c10-9(11,12)6-16-5-4-13-3-1-2-7(13)8(14)15/h1-3H,4-6H2,(H,14,15). The van der Waals surface area contributed by atoms with Crippen LogP contribution >= 0.6 is 0 Å². The maximum Gasteiger partial charge on any atom is 0.411 e. The number of ether oxygens (including phenoxy) is 1. The van der Waals surface area contributed by atoms with E-state index in [0.29, 0.717) is 0 Å². The van der Waals surface area contributed by atoms with Crippen molar-refractivity contribution in [2.75, 3.05) is 13.2 Å². The molecule has 0 atom stereocenters. The number of hydrogen-bond acceptors (Lipinski definition) is 2. The molecule has 0 amide bonds. The molecule has 0 aromatic carbocycles. The van der Waals surface area contributed by atoms with Gasteiger partial charge >= 0.3 is 12.1 Å². The zero-order valence-corrected chi connectivity index (χ0v) is 8.20. The predicted molar refractivity (Wildman–Crippen MR) is 48.3 cm³/mol. The lowest BCUT2D eigenvalue weighted by Gasteiger charge is -2.09. The summed E-state index contributed by atoms with van der Waals surface area (Å²) in [5, 5.41) is 8.70.